The summed E-state index contributed by atoms with van der Waals surface area (Å²) in [6, 6.07) is 21.6. The van der Waals surface area contributed by atoms with E-state index in [2.05, 4.69) is 20.4 Å². The first-order valence-electron chi connectivity index (χ1n) is 9.85. The van der Waals surface area contributed by atoms with Crippen molar-refractivity contribution in [2.45, 2.75) is 13.5 Å². The van der Waals surface area contributed by atoms with Crippen molar-refractivity contribution in [1.82, 2.24) is 34.7 Å². The minimum absolute atomic E-state index is 0.0820. The molecule has 2 aromatic carbocycles. The summed E-state index contributed by atoms with van der Waals surface area (Å²) in [5.41, 5.74) is 4.48. The van der Waals surface area contributed by atoms with E-state index in [1.165, 1.54) is 0 Å². The predicted molar refractivity (Wildman–Crippen MR) is 116 cm³/mol. The van der Waals surface area contributed by atoms with Gasteiger partial charge >= 0.3 is 0 Å². The van der Waals surface area contributed by atoms with E-state index in [4.69, 9.17) is 5.10 Å². The quantitative estimate of drug-likeness (QED) is 0.481. The molecule has 5 aromatic rings. The number of aromatic nitrogens is 6. The second-order valence-corrected chi connectivity index (χ2v) is 7.07. The van der Waals surface area contributed by atoms with Crippen LogP contribution in [0.2, 0.25) is 0 Å². The monoisotopic (exact) mass is 409 g/mol. The molecule has 0 saturated carbocycles. The number of nitrogens with zero attached hydrogens (tertiary/aromatic N) is 6. The van der Waals surface area contributed by atoms with Gasteiger partial charge in [0, 0.05) is 35.8 Å². The average molecular weight is 409 g/mol. The second-order valence-electron chi connectivity index (χ2n) is 7.07. The van der Waals surface area contributed by atoms with Crippen molar-refractivity contribution in [2.75, 3.05) is 0 Å². The lowest BCUT2D eigenvalue weighted by Gasteiger charge is -2.03. The van der Waals surface area contributed by atoms with Crippen molar-refractivity contribution in [3.05, 3.63) is 96.2 Å². The Morgan fingerprint density at radius 2 is 1.71 bits per heavy atom. The molecule has 8 heteroatoms. The van der Waals surface area contributed by atoms with E-state index in [1.807, 2.05) is 84.5 Å². The summed E-state index contributed by atoms with van der Waals surface area (Å²) in [5, 5.41) is 11.9. The molecule has 0 aliphatic rings. The summed E-state index contributed by atoms with van der Waals surface area (Å²) in [6.07, 6.45) is 3.58. The summed E-state index contributed by atoms with van der Waals surface area (Å²) in [4.78, 5) is 21.1. The van der Waals surface area contributed by atoms with Crippen LogP contribution in [0.3, 0.4) is 0 Å². The highest BCUT2D eigenvalue weighted by atomic mass is 16.2. The number of benzene rings is 2. The Bertz CT molecular complexity index is 1360. The van der Waals surface area contributed by atoms with E-state index in [1.54, 1.807) is 10.7 Å². The zero-order chi connectivity index (χ0) is 21.2. The average Bonchev–Trinajstić information content (AvgIpc) is 3.44. The van der Waals surface area contributed by atoms with Gasteiger partial charge in [-0.05, 0) is 25.1 Å². The van der Waals surface area contributed by atoms with Crippen LogP contribution in [0, 0.1) is 6.92 Å². The third-order valence-electron chi connectivity index (χ3n) is 4.93. The fourth-order valence-electron chi connectivity index (χ4n) is 3.35. The number of aryl methyl sites for hydroxylation is 1. The summed E-state index contributed by atoms with van der Waals surface area (Å²) in [7, 11) is 0. The Balaban J connectivity index is 1.44. The highest BCUT2D eigenvalue weighted by molar-refractivity contribution is 5.90. The fraction of sp³-hybridized carbons (Fsp3) is 0.0870. The maximum Gasteiger partial charge on any atom is 0.291 e. The molecule has 0 fully saturated rings. The van der Waals surface area contributed by atoms with Gasteiger partial charge in [0.25, 0.3) is 11.7 Å². The first-order valence-corrected chi connectivity index (χ1v) is 9.85. The molecule has 0 unspecified atom stereocenters. The van der Waals surface area contributed by atoms with Gasteiger partial charge in [-0.25, -0.2) is 14.2 Å². The maximum atomic E-state index is 12.7. The predicted octanol–water partition coefficient (Wildman–Crippen LogP) is 3.22. The van der Waals surface area contributed by atoms with Gasteiger partial charge in [0.15, 0.2) is 0 Å². The molecule has 0 spiro atoms. The molecule has 0 atom stereocenters. The smallest absolute Gasteiger partial charge is 0.291 e. The Morgan fingerprint density at radius 1 is 0.968 bits per heavy atom. The number of carbonyl (C=O) groups is 1. The first kappa shape index (κ1) is 18.7. The molecule has 0 bridgehead atoms. The molecule has 152 valence electrons. The van der Waals surface area contributed by atoms with Gasteiger partial charge in [0.05, 0.1) is 11.4 Å². The highest BCUT2D eigenvalue weighted by Gasteiger charge is 2.17. The number of hydrogen-bond acceptors (Lipinski definition) is 5. The minimum Gasteiger partial charge on any atom is -0.345 e. The van der Waals surface area contributed by atoms with Crippen LogP contribution in [0.4, 0.5) is 0 Å². The minimum atomic E-state index is -0.364. The van der Waals surface area contributed by atoms with E-state index >= 15 is 0 Å². The van der Waals surface area contributed by atoms with E-state index < -0.39 is 0 Å². The van der Waals surface area contributed by atoms with E-state index in [0.29, 0.717) is 5.78 Å². The van der Waals surface area contributed by atoms with Gasteiger partial charge in [-0.2, -0.15) is 10.1 Å². The van der Waals surface area contributed by atoms with Gasteiger partial charge in [0.1, 0.15) is 0 Å². The number of nitrogens with one attached hydrogen (secondary N) is 1. The first-order chi connectivity index (χ1) is 15.2. The van der Waals surface area contributed by atoms with E-state index in [0.717, 1.165) is 28.2 Å². The fourth-order valence-corrected chi connectivity index (χ4v) is 3.35. The molecule has 1 amide bonds. The van der Waals surface area contributed by atoms with Gasteiger partial charge < -0.3 is 5.32 Å². The largest absolute Gasteiger partial charge is 0.345 e. The van der Waals surface area contributed by atoms with Crippen molar-refractivity contribution >= 4 is 11.7 Å². The van der Waals surface area contributed by atoms with E-state index in [9.17, 15) is 4.79 Å². The summed E-state index contributed by atoms with van der Waals surface area (Å²) in [5.74, 6) is 0.113. The zero-order valence-corrected chi connectivity index (χ0v) is 16.8. The van der Waals surface area contributed by atoms with Gasteiger partial charge in [0.2, 0.25) is 5.82 Å². The van der Waals surface area contributed by atoms with Crippen molar-refractivity contribution in [1.29, 1.82) is 0 Å². The lowest BCUT2D eigenvalue weighted by molar-refractivity contribution is 0.0941. The van der Waals surface area contributed by atoms with Crippen molar-refractivity contribution < 1.29 is 4.79 Å². The van der Waals surface area contributed by atoms with Crippen LogP contribution in [0.25, 0.3) is 22.7 Å². The molecule has 0 aliphatic heterocycles. The maximum absolute atomic E-state index is 12.7. The molecule has 31 heavy (non-hydrogen) atoms. The zero-order valence-electron chi connectivity index (χ0n) is 16.8. The molecule has 0 aliphatic carbocycles. The lowest BCUT2D eigenvalue weighted by atomic mass is 10.1. The Labute approximate surface area is 178 Å². The molecular formula is C23H19N7O. The van der Waals surface area contributed by atoms with Crippen LogP contribution in [0.15, 0.2) is 79.1 Å². The third kappa shape index (κ3) is 3.66. The lowest BCUT2D eigenvalue weighted by Crippen LogP contribution is -2.24. The topological polar surface area (TPSA) is 90.0 Å². The molecule has 0 radical (unpaired) electrons. The number of carbonyl (C=O) groups excluding carboxylic acids is 1. The molecule has 3 aromatic heterocycles. The Hall–Kier alpha value is -4.33. The Morgan fingerprint density at radius 3 is 2.45 bits per heavy atom. The van der Waals surface area contributed by atoms with Crippen molar-refractivity contribution in [3.8, 4) is 16.9 Å². The van der Waals surface area contributed by atoms with Gasteiger partial charge in [-0.3, -0.25) is 4.79 Å². The molecule has 8 nitrogen and oxygen atoms in total. The number of amides is 1. The van der Waals surface area contributed by atoms with Crippen molar-refractivity contribution in [3.63, 3.8) is 0 Å². The Kier molecular flexibility index (Phi) is 4.72. The van der Waals surface area contributed by atoms with Crippen LogP contribution in [-0.2, 0) is 6.54 Å². The van der Waals surface area contributed by atoms with E-state index in [-0.39, 0.29) is 18.3 Å². The summed E-state index contributed by atoms with van der Waals surface area (Å²) < 4.78 is 3.37. The SMILES string of the molecule is Cc1ccnc2nc(C(=O)NCc3cn(-c4ccccc4)nc3-c3ccccc3)nn12. The third-order valence-corrected chi connectivity index (χ3v) is 4.93. The standard InChI is InChI=1S/C23H19N7O/c1-16-12-13-24-23-26-21(28-30(16)23)22(31)25-14-18-15-29(19-10-6-3-7-11-19)27-20(18)17-8-4-2-5-9-17/h2-13,15H,14H2,1H3,(H,25,31). The van der Waals surface area contributed by atoms with Gasteiger partial charge in [-0.1, -0.05) is 48.5 Å². The molecule has 0 saturated heterocycles. The van der Waals surface area contributed by atoms with Crippen LogP contribution >= 0.6 is 0 Å². The summed E-state index contributed by atoms with van der Waals surface area (Å²) >= 11 is 0. The summed E-state index contributed by atoms with van der Waals surface area (Å²) in [6.45, 7) is 2.17. The molecule has 5 rings (SSSR count). The molecular weight excluding hydrogens is 390 g/mol. The molecule has 3 heterocycles. The van der Waals surface area contributed by atoms with Crippen LogP contribution in [0.5, 0.6) is 0 Å². The van der Waals surface area contributed by atoms with Crippen LogP contribution in [-0.4, -0.2) is 35.3 Å². The van der Waals surface area contributed by atoms with Gasteiger partial charge in [-0.15, -0.1) is 5.10 Å². The van der Waals surface area contributed by atoms with Crippen LogP contribution in [0.1, 0.15) is 21.9 Å². The van der Waals surface area contributed by atoms with Crippen LogP contribution < -0.4 is 5.32 Å². The molecule has 1 N–H and O–H groups in total. The second kappa shape index (κ2) is 7.83. The normalized spacial score (nSPS) is 11.0. The highest BCUT2D eigenvalue weighted by Crippen LogP contribution is 2.23. The number of hydrogen-bond donors (Lipinski definition) is 1. The number of fused-ring (bicyclic) bond motifs is 1. The van der Waals surface area contributed by atoms with Crippen molar-refractivity contribution in [2.24, 2.45) is 0 Å². The number of para-hydroxylation sites is 1. The number of rotatable bonds is 5.